The lowest BCUT2D eigenvalue weighted by Gasteiger charge is -2.15. The lowest BCUT2D eigenvalue weighted by Crippen LogP contribution is -2.35. The predicted octanol–water partition coefficient (Wildman–Crippen LogP) is 4.21. The van der Waals surface area contributed by atoms with Crippen LogP contribution in [0.3, 0.4) is 0 Å². The lowest BCUT2D eigenvalue weighted by atomic mass is 10.2. The molecule has 4 nitrogen and oxygen atoms in total. The number of hydrogen-bond acceptors (Lipinski definition) is 3. The molecule has 0 saturated carbocycles. The molecule has 24 heavy (non-hydrogen) atoms. The Morgan fingerprint density at radius 2 is 1.50 bits per heavy atom. The van der Waals surface area contributed by atoms with Gasteiger partial charge in [0.05, 0.1) is 6.10 Å². The van der Waals surface area contributed by atoms with Crippen LogP contribution in [0.1, 0.15) is 26.3 Å². The molecule has 0 bridgehead atoms. The van der Waals surface area contributed by atoms with Crippen LogP contribution in [0.4, 0.5) is 0 Å². The molecule has 2 aromatic carbocycles. The van der Waals surface area contributed by atoms with E-state index in [9.17, 15) is 4.79 Å². The Balaban J connectivity index is 1.82. The van der Waals surface area contributed by atoms with Crippen LogP contribution in [0.2, 0.25) is 5.02 Å². The Bertz CT molecular complexity index is 653. The van der Waals surface area contributed by atoms with E-state index in [-0.39, 0.29) is 12.0 Å². The van der Waals surface area contributed by atoms with Gasteiger partial charge in [-0.25, -0.2) is 0 Å². The van der Waals surface area contributed by atoms with E-state index in [1.54, 1.807) is 31.2 Å². The van der Waals surface area contributed by atoms with Gasteiger partial charge in [-0.2, -0.15) is 0 Å². The highest BCUT2D eigenvalue weighted by molar-refractivity contribution is 6.30. The summed E-state index contributed by atoms with van der Waals surface area (Å²) < 4.78 is 11.2. The first kappa shape index (κ1) is 18.1. The number of halogens is 1. The number of carbonyl (C=O) groups is 1. The van der Waals surface area contributed by atoms with Gasteiger partial charge in [-0.05, 0) is 62.7 Å². The van der Waals surface area contributed by atoms with Gasteiger partial charge in [0.15, 0.2) is 6.10 Å². The Hall–Kier alpha value is -2.20. The Labute approximate surface area is 147 Å². The van der Waals surface area contributed by atoms with Crippen LogP contribution in [-0.2, 0) is 11.3 Å². The number of hydrogen-bond donors (Lipinski definition) is 1. The molecular weight excluding hydrogens is 326 g/mol. The van der Waals surface area contributed by atoms with Crippen LogP contribution in [0.5, 0.6) is 11.5 Å². The van der Waals surface area contributed by atoms with Gasteiger partial charge in [-0.15, -0.1) is 0 Å². The van der Waals surface area contributed by atoms with Crippen LogP contribution in [-0.4, -0.2) is 18.1 Å². The molecule has 5 heteroatoms. The first-order chi connectivity index (χ1) is 11.4. The molecule has 1 atom stereocenters. The first-order valence-electron chi connectivity index (χ1n) is 7.89. The molecule has 128 valence electrons. The van der Waals surface area contributed by atoms with Crippen molar-refractivity contribution in [3.8, 4) is 11.5 Å². The molecule has 0 saturated heterocycles. The minimum absolute atomic E-state index is 0.140. The normalized spacial score (nSPS) is 11.9. The number of ether oxygens (including phenoxy) is 2. The van der Waals surface area contributed by atoms with E-state index in [1.165, 1.54) is 0 Å². The lowest BCUT2D eigenvalue weighted by molar-refractivity contribution is -0.127. The van der Waals surface area contributed by atoms with E-state index in [1.807, 2.05) is 38.1 Å². The third kappa shape index (κ3) is 5.78. The molecule has 0 heterocycles. The van der Waals surface area contributed by atoms with Gasteiger partial charge in [0.2, 0.25) is 0 Å². The fourth-order valence-electron chi connectivity index (χ4n) is 2.06. The highest BCUT2D eigenvalue weighted by Gasteiger charge is 2.14. The van der Waals surface area contributed by atoms with Crippen LogP contribution in [0, 0.1) is 0 Å². The van der Waals surface area contributed by atoms with Crippen molar-refractivity contribution in [2.75, 3.05) is 0 Å². The van der Waals surface area contributed by atoms with Gasteiger partial charge in [-0.1, -0.05) is 23.7 Å². The Morgan fingerprint density at radius 1 is 0.958 bits per heavy atom. The largest absolute Gasteiger partial charge is 0.491 e. The third-order valence-corrected chi connectivity index (χ3v) is 3.51. The zero-order valence-corrected chi connectivity index (χ0v) is 14.8. The van der Waals surface area contributed by atoms with Gasteiger partial charge in [0.1, 0.15) is 11.5 Å². The molecule has 1 N–H and O–H groups in total. The Kier molecular flexibility index (Phi) is 6.50. The van der Waals surface area contributed by atoms with Crippen LogP contribution >= 0.6 is 11.6 Å². The molecular formula is C19H22ClNO3. The molecule has 0 fully saturated rings. The van der Waals surface area contributed by atoms with Crippen molar-refractivity contribution < 1.29 is 14.3 Å². The molecule has 2 aromatic rings. The highest BCUT2D eigenvalue weighted by Crippen LogP contribution is 2.17. The molecule has 0 aliphatic rings. The highest BCUT2D eigenvalue weighted by atomic mass is 35.5. The minimum atomic E-state index is -0.588. The van der Waals surface area contributed by atoms with Crippen molar-refractivity contribution in [3.05, 3.63) is 59.1 Å². The average Bonchev–Trinajstić information content (AvgIpc) is 2.55. The molecule has 1 amide bonds. The monoisotopic (exact) mass is 347 g/mol. The van der Waals surface area contributed by atoms with E-state index in [4.69, 9.17) is 21.1 Å². The maximum atomic E-state index is 12.1. The summed E-state index contributed by atoms with van der Waals surface area (Å²) in [5, 5.41) is 3.49. The average molecular weight is 348 g/mol. The summed E-state index contributed by atoms with van der Waals surface area (Å²) in [5.41, 5.74) is 0.998. The van der Waals surface area contributed by atoms with E-state index >= 15 is 0 Å². The summed E-state index contributed by atoms with van der Waals surface area (Å²) in [6.07, 6.45) is -0.448. The standard InChI is InChI=1S/C19H22ClNO3/c1-13(2)23-17-8-4-15(5-9-17)12-21-19(22)14(3)24-18-10-6-16(20)7-11-18/h4-11,13-14H,12H2,1-3H3,(H,21,22)/t14-/m0/s1. The van der Waals surface area contributed by atoms with Crippen LogP contribution in [0.25, 0.3) is 0 Å². The fraction of sp³-hybridized carbons (Fsp3) is 0.316. The molecule has 0 aliphatic carbocycles. The van der Waals surface area contributed by atoms with Crippen molar-refractivity contribution >= 4 is 17.5 Å². The summed E-state index contributed by atoms with van der Waals surface area (Å²) in [6.45, 7) is 6.12. The Morgan fingerprint density at radius 3 is 2.08 bits per heavy atom. The van der Waals surface area contributed by atoms with Gasteiger partial charge in [-0.3, -0.25) is 4.79 Å². The molecule has 0 radical (unpaired) electrons. The topological polar surface area (TPSA) is 47.6 Å². The van der Waals surface area contributed by atoms with Crippen molar-refractivity contribution in [2.24, 2.45) is 0 Å². The zero-order chi connectivity index (χ0) is 17.5. The van der Waals surface area contributed by atoms with E-state index < -0.39 is 6.10 Å². The zero-order valence-electron chi connectivity index (χ0n) is 14.1. The molecule has 0 aromatic heterocycles. The van der Waals surface area contributed by atoms with E-state index in [0.29, 0.717) is 17.3 Å². The van der Waals surface area contributed by atoms with E-state index in [0.717, 1.165) is 11.3 Å². The number of amides is 1. The SMILES string of the molecule is CC(C)Oc1ccc(CNC(=O)[C@H](C)Oc2ccc(Cl)cc2)cc1. The smallest absolute Gasteiger partial charge is 0.261 e. The minimum Gasteiger partial charge on any atom is -0.491 e. The van der Waals surface area contributed by atoms with Gasteiger partial charge >= 0.3 is 0 Å². The second-order valence-corrected chi connectivity index (χ2v) is 6.18. The molecule has 0 aliphatic heterocycles. The summed E-state index contributed by atoms with van der Waals surface area (Å²) in [5.74, 6) is 1.25. The molecule has 0 unspecified atom stereocenters. The van der Waals surface area contributed by atoms with Crippen LogP contribution in [0.15, 0.2) is 48.5 Å². The van der Waals surface area contributed by atoms with Gasteiger partial charge in [0.25, 0.3) is 5.91 Å². The first-order valence-corrected chi connectivity index (χ1v) is 8.27. The fourth-order valence-corrected chi connectivity index (χ4v) is 2.19. The van der Waals surface area contributed by atoms with Crippen molar-refractivity contribution in [1.82, 2.24) is 5.32 Å². The van der Waals surface area contributed by atoms with Crippen LogP contribution < -0.4 is 14.8 Å². The van der Waals surface area contributed by atoms with Crippen molar-refractivity contribution in [1.29, 1.82) is 0 Å². The summed E-state index contributed by atoms with van der Waals surface area (Å²) in [4.78, 5) is 12.1. The van der Waals surface area contributed by atoms with E-state index in [2.05, 4.69) is 5.32 Å². The summed E-state index contributed by atoms with van der Waals surface area (Å²) in [6, 6.07) is 14.6. The predicted molar refractivity (Wildman–Crippen MR) is 95.6 cm³/mol. The maximum absolute atomic E-state index is 12.1. The second-order valence-electron chi connectivity index (χ2n) is 5.74. The number of rotatable bonds is 7. The summed E-state index contributed by atoms with van der Waals surface area (Å²) in [7, 11) is 0. The van der Waals surface area contributed by atoms with Crippen molar-refractivity contribution in [3.63, 3.8) is 0 Å². The maximum Gasteiger partial charge on any atom is 0.261 e. The molecule has 2 rings (SSSR count). The quantitative estimate of drug-likeness (QED) is 0.816. The number of benzene rings is 2. The second kappa shape index (κ2) is 8.60. The molecule has 0 spiro atoms. The number of nitrogens with one attached hydrogen (secondary N) is 1. The number of carbonyl (C=O) groups excluding carboxylic acids is 1. The third-order valence-electron chi connectivity index (χ3n) is 3.26. The van der Waals surface area contributed by atoms with Gasteiger partial charge in [0, 0.05) is 11.6 Å². The van der Waals surface area contributed by atoms with Crippen molar-refractivity contribution in [2.45, 2.75) is 39.5 Å². The van der Waals surface area contributed by atoms with Gasteiger partial charge < -0.3 is 14.8 Å². The summed E-state index contributed by atoms with van der Waals surface area (Å²) >= 11 is 5.82.